The lowest BCUT2D eigenvalue weighted by molar-refractivity contribution is -0.124. The fraction of sp³-hybridized carbons (Fsp3) is 0.407. The molecule has 1 aromatic heterocycles. The summed E-state index contributed by atoms with van der Waals surface area (Å²) in [5, 5.41) is 7.13. The van der Waals surface area contributed by atoms with E-state index in [0.717, 1.165) is 29.6 Å². The number of carbonyl (C=O) groups is 2. The normalized spacial score (nSPS) is 23.8. The minimum Gasteiger partial charge on any atom is -0.491 e. The smallest absolute Gasteiger partial charge is 0.262 e. The molecule has 36 heavy (non-hydrogen) atoms. The number of rotatable bonds is 5. The highest BCUT2D eigenvalue weighted by Crippen LogP contribution is 2.50. The fourth-order valence-electron chi connectivity index (χ4n) is 5.48. The number of piperidine rings is 1. The molecule has 0 bridgehead atoms. The Labute approximate surface area is 214 Å². The molecule has 3 aromatic rings. The van der Waals surface area contributed by atoms with Crippen molar-refractivity contribution < 1.29 is 14.3 Å². The Morgan fingerprint density at radius 1 is 1.25 bits per heavy atom. The summed E-state index contributed by atoms with van der Waals surface area (Å²) in [5.41, 5.74) is 21.6. The maximum atomic E-state index is 14.0. The van der Waals surface area contributed by atoms with Gasteiger partial charge in [-0.2, -0.15) is 0 Å². The second kappa shape index (κ2) is 9.15. The average molecular weight is 508 g/mol. The molecule has 3 unspecified atom stereocenters. The minimum atomic E-state index is -1.49. The number of thiophene rings is 1. The van der Waals surface area contributed by atoms with E-state index < -0.39 is 11.6 Å². The number of nitrogen functional groups attached to an aromatic ring is 1. The highest BCUT2D eigenvalue weighted by atomic mass is 32.1. The standard InChI is InChI=1S/C27H33N5O3S/c1-13(2)35-16-6-7-17(14(3)11-16)27(30)18-8-9-19(28)23-20(18)21(22(29)25(27)33)24(36-23)26(34)32-15-5-4-10-31-12-15/h6-9,11,13,15,22,31H,4-5,10,12,28-30H2,1-3H3,(H,32,34). The van der Waals surface area contributed by atoms with E-state index in [9.17, 15) is 9.59 Å². The van der Waals surface area contributed by atoms with Gasteiger partial charge in [-0.3, -0.25) is 9.59 Å². The average Bonchev–Trinajstić information content (AvgIpc) is 3.24. The van der Waals surface area contributed by atoms with E-state index in [-0.39, 0.29) is 23.8 Å². The Morgan fingerprint density at radius 2 is 2.00 bits per heavy atom. The van der Waals surface area contributed by atoms with E-state index in [2.05, 4.69) is 10.6 Å². The highest BCUT2D eigenvalue weighted by molar-refractivity contribution is 7.21. The number of nitrogens with one attached hydrogen (secondary N) is 2. The second-order valence-corrected chi connectivity index (χ2v) is 11.1. The SMILES string of the molecule is Cc1cc(OC(C)C)ccc1C1(N)C(=O)C(N)c2c(C(=O)NC3CCCNC3)sc3c(N)ccc1c23. The number of aryl methyl sites for hydroxylation is 1. The van der Waals surface area contributed by atoms with Crippen LogP contribution in [-0.4, -0.2) is 36.9 Å². The van der Waals surface area contributed by atoms with Gasteiger partial charge in [-0.25, -0.2) is 0 Å². The van der Waals surface area contributed by atoms with Crippen molar-refractivity contribution in [3.05, 3.63) is 57.5 Å². The van der Waals surface area contributed by atoms with Gasteiger partial charge in [0.2, 0.25) is 0 Å². The minimum absolute atomic E-state index is 0.0193. The molecule has 1 amide bonds. The van der Waals surface area contributed by atoms with Crippen LogP contribution in [0.1, 0.15) is 64.7 Å². The molecule has 1 saturated heterocycles. The summed E-state index contributed by atoms with van der Waals surface area (Å²) in [7, 11) is 0. The number of hydrogen-bond acceptors (Lipinski definition) is 8. The van der Waals surface area contributed by atoms with Crippen LogP contribution >= 0.6 is 11.3 Å². The molecular formula is C27H33N5O3S. The van der Waals surface area contributed by atoms with Crippen molar-refractivity contribution in [1.82, 2.24) is 10.6 Å². The molecule has 1 aliphatic heterocycles. The van der Waals surface area contributed by atoms with Crippen LogP contribution in [0.5, 0.6) is 5.75 Å². The van der Waals surface area contributed by atoms with Crippen molar-refractivity contribution in [2.24, 2.45) is 11.5 Å². The van der Waals surface area contributed by atoms with Crippen LogP contribution in [0.2, 0.25) is 0 Å². The summed E-state index contributed by atoms with van der Waals surface area (Å²) in [6.07, 6.45) is 1.92. The molecule has 0 saturated carbocycles. The van der Waals surface area contributed by atoms with Gasteiger partial charge in [0, 0.05) is 29.2 Å². The maximum Gasteiger partial charge on any atom is 0.262 e. The summed E-state index contributed by atoms with van der Waals surface area (Å²) in [6, 6.07) is 8.06. The van der Waals surface area contributed by atoms with Gasteiger partial charge in [-0.05, 0) is 75.0 Å². The molecule has 8 N–H and O–H groups in total. The maximum absolute atomic E-state index is 14.0. The van der Waals surface area contributed by atoms with Gasteiger partial charge in [0.05, 0.1) is 21.7 Å². The van der Waals surface area contributed by atoms with Crippen LogP contribution in [0.3, 0.4) is 0 Å². The topological polar surface area (TPSA) is 145 Å². The molecule has 5 rings (SSSR count). The third-order valence-electron chi connectivity index (χ3n) is 7.15. The highest BCUT2D eigenvalue weighted by Gasteiger charge is 2.49. The fourth-order valence-corrected chi connectivity index (χ4v) is 6.68. The predicted octanol–water partition coefficient (Wildman–Crippen LogP) is 2.85. The second-order valence-electron chi connectivity index (χ2n) is 10.1. The number of ether oxygens (including phenoxy) is 1. The first-order valence-corrected chi connectivity index (χ1v) is 13.2. The number of Topliss-reactive ketones (excluding diaryl/α,β-unsaturated/α-hetero) is 1. The van der Waals surface area contributed by atoms with E-state index in [0.29, 0.717) is 44.9 Å². The third kappa shape index (κ3) is 3.87. The molecule has 1 fully saturated rings. The summed E-state index contributed by atoms with van der Waals surface area (Å²) in [5.74, 6) is 0.120. The van der Waals surface area contributed by atoms with Crippen LogP contribution in [0, 0.1) is 6.92 Å². The van der Waals surface area contributed by atoms with Gasteiger partial charge in [-0.15, -0.1) is 11.3 Å². The molecular weight excluding hydrogens is 474 g/mol. The van der Waals surface area contributed by atoms with Gasteiger partial charge >= 0.3 is 0 Å². The van der Waals surface area contributed by atoms with Crippen LogP contribution in [-0.2, 0) is 10.3 Å². The van der Waals surface area contributed by atoms with Gasteiger partial charge in [0.25, 0.3) is 5.91 Å². The van der Waals surface area contributed by atoms with Crippen molar-refractivity contribution in [3.63, 3.8) is 0 Å². The number of hydrogen-bond donors (Lipinski definition) is 5. The molecule has 2 heterocycles. The van der Waals surface area contributed by atoms with Crippen molar-refractivity contribution >= 4 is 38.8 Å². The summed E-state index contributed by atoms with van der Waals surface area (Å²) in [4.78, 5) is 27.8. The Bertz CT molecular complexity index is 1360. The van der Waals surface area contributed by atoms with Crippen LogP contribution < -0.4 is 32.6 Å². The summed E-state index contributed by atoms with van der Waals surface area (Å²) in [6.45, 7) is 7.48. The van der Waals surface area contributed by atoms with Gasteiger partial charge in [0.1, 0.15) is 11.3 Å². The third-order valence-corrected chi connectivity index (χ3v) is 8.40. The largest absolute Gasteiger partial charge is 0.491 e. The lowest BCUT2D eigenvalue weighted by Crippen LogP contribution is -2.53. The number of ketones is 1. The van der Waals surface area contributed by atoms with E-state index >= 15 is 0 Å². The first-order valence-electron chi connectivity index (χ1n) is 12.4. The first-order chi connectivity index (χ1) is 17.1. The van der Waals surface area contributed by atoms with Crippen molar-refractivity contribution in [2.75, 3.05) is 18.8 Å². The Hall–Kier alpha value is -2.98. The number of anilines is 1. The Morgan fingerprint density at radius 3 is 2.67 bits per heavy atom. The lowest BCUT2D eigenvalue weighted by atomic mass is 9.69. The van der Waals surface area contributed by atoms with Crippen LogP contribution in [0.15, 0.2) is 30.3 Å². The zero-order valence-corrected chi connectivity index (χ0v) is 21.6. The van der Waals surface area contributed by atoms with E-state index in [4.69, 9.17) is 21.9 Å². The lowest BCUT2D eigenvalue weighted by Gasteiger charge is -2.37. The van der Waals surface area contributed by atoms with Gasteiger partial charge in [-0.1, -0.05) is 12.1 Å². The molecule has 0 spiro atoms. The number of nitrogens with two attached hydrogens (primary N) is 3. The zero-order valence-electron chi connectivity index (χ0n) is 20.8. The zero-order chi connectivity index (χ0) is 25.8. The van der Waals surface area contributed by atoms with Crippen molar-refractivity contribution in [2.45, 2.75) is 57.3 Å². The molecule has 2 aliphatic rings. The molecule has 8 nitrogen and oxygen atoms in total. The van der Waals surface area contributed by atoms with Crippen molar-refractivity contribution in [1.29, 1.82) is 0 Å². The van der Waals surface area contributed by atoms with Gasteiger partial charge in [0.15, 0.2) is 5.78 Å². The van der Waals surface area contributed by atoms with Crippen LogP contribution in [0.4, 0.5) is 5.69 Å². The molecule has 190 valence electrons. The predicted molar refractivity (Wildman–Crippen MR) is 143 cm³/mol. The van der Waals surface area contributed by atoms with E-state index in [1.54, 1.807) is 12.1 Å². The quantitative estimate of drug-likeness (QED) is 0.334. The van der Waals surface area contributed by atoms with Crippen molar-refractivity contribution in [3.8, 4) is 5.75 Å². The van der Waals surface area contributed by atoms with Gasteiger partial charge < -0.3 is 32.6 Å². The molecule has 0 radical (unpaired) electrons. The summed E-state index contributed by atoms with van der Waals surface area (Å²) < 4.78 is 6.55. The Balaban J connectivity index is 1.65. The number of carbonyl (C=O) groups excluding carboxylic acids is 2. The number of benzene rings is 2. The Kier molecular flexibility index (Phi) is 6.28. The first kappa shape index (κ1) is 24.7. The van der Waals surface area contributed by atoms with Crippen LogP contribution in [0.25, 0.3) is 10.1 Å². The molecule has 2 aromatic carbocycles. The summed E-state index contributed by atoms with van der Waals surface area (Å²) >= 11 is 1.28. The number of amides is 1. The van der Waals surface area contributed by atoms with E-state index in [1.807, 2.05) is 39.0 Å². The molecule has 3 atom stereocenters. The molecule has 1 aliphatic carbocycles. The van der Waals surface area contributed by atoms with E-state index in [1.165, 1.54) is 11.3 Å². The molecule has 9 heteroatoms. The monoisotopic (exact) mass is 507 g/mol.